The number of carboxylic acid groups (broad SMARTS) is 4. The Hall–Kier alpha value is -6.84. The van der Waals surface area contributed by atoms with Crippen LogP contribution < -0.4 is 37.9 Å². The molecular weight excluding hydrogens is 688 g/mol. The Morgan fingerprint density at radius 3 is 0.615 bits per heavy atom. The van der Waals surface area contributed by atoms with Gasteiger partial charge in [0.25, 0.3) is 0 Å². The third-order valence-electron chi connectivity index (χ3n) is 9.55. The monoisotopic (exact) mass is 712 g/mol. The van der Waals surface area contributed by atoms with Crippen molar-refractivity contribution in [2.45, 2.75) is 25.7 Å². The third-order valence-corrected chi connectivity index (χ3v) is 9.55. The fourth-order valence-corrected chi connectivity index (χ4v) is 7.62. The predicted octanol–water partition coefficient (Wildman–Crippen LogP) is 4.07. The Kier molecular flexibility index (Phi) is 6.80. The van der Waals surface area contributed by atoms with Crippen molar-refractivity contribution in [3.05, 3.63) is 91.0 Å². The van der Waals surface area contributed by atoms with Crippen LogP contribution in [0.3, 0.4) is 0 Å². The first-order valence-electron chi connectivity index (χ1n) is 15.8. The summed E-state index contributed by atoms with van der Waals surface area (Å²) in [7, 11) is 0. The summed E-state index contributed by atoms with van der Waals surface area (Å²) in [5.74, 6) is -6.09. The van der Waals surface area contributed by atoms with Crippen molar-refractivity contribution in [2.24, 2.45) is 0 Å². The SMILES string of the molecule is O=C(O)c1c2c3cc4c1OCOc1c(cc5c(c1C(=O)O)OCOc1c(cc6c(c1C(=O)O)OCOc1c(cc(c(c1C(=O)O)OCO2)C3)C6)C5)C4. The van der Waals surface area contributed by atoms with Crippen LogP contribution in [0, 0.1) is 0 Å². The van der Waals surface area contributed by atoms with Crippen molar-refractivity contribution >= 4 is 23.9 Å². The predicted molar refractivity (Wildman–Crippen MR) is 169 cm³/mol. The van der Waals surface area contributed by atoms with Crippen LogP contribution >= 0.6 is 0 Å². The number of ether oxygens (including phenoxy) is 8. The molecule has 0 radical (unpaired) electrons. The van der Waals surface area contributed by atoms with E-state index in [1.807, 2.05) is 0 Å². The van der Waals surface area contributed by atoms with Gasteiger partial charge >= 0.3 is 23.9 Å². The summed E-state index contributed by atoms with van der Waals surface area (Å²) < 4.78 is 47.0. The lowest BCUT2D eigenvalue weighted by molar-refractivity contribution is 0.0650. The summed E-state index contributed by atoms with van der Waals surface area (Å²) in [6, 6.07) is 6.70. The van der Waals surface area contributed by atoms with Gasteiger partial charge in [0.1, 0.15) is 68.2 Å². The van der Waals surface area contributed by atoms with Gasteiger partial charge < -0.3 is 58.3 Å². The van der Waals surface area contributed by atoms with Gasteiger partial charge in [-0.05, 0) is 24.3 Å². The van der Waals surface area contributed by atoms with E-state index < -0.39 is 51.0 Å². The minimum atomic E-state index is -1.38. The maximum absolute atomic E-state index is 12.9. The van der Waals surface area contributed by atoms with E-state index in [1.54, 1.807) is 24.3 Å². The molecule has 1 aliphatic carbocycles. The van der Waals surface area contributed by atoms with Crippen LogP contribution in [0.15, 0.2) is 24.3 Å². The summed E-state index contributed by atoms with van der Waals surface area (Å²) in [5, 5.41) is 42.0. The van der Waals surface area contributed by atoms with Gasteiger partial charge in [-0.3, -0.25) is 0 Å². The maximum atomic E-state index is 12.9. The fraction of sp³-hybridized carbons (Fsp3) is 0.222. The molecule has 4 N–H and O–H groups in total. The van der Waals surface area contributed by atoms with Gasteiger partial charge in [0.05, 0.1) is 0 Å². The number of carbonyl (C=O) groups is 4. The standard InChI is InChI=1S/C36H24O16/c37-33(38)21-25-13-1-14-6-16-3-18-8-20-4-19-7-17-2-15(5-13)27(47-9-45-25)22(34(39)40)29(17)49-11-51-31(19)24(36(43)44)32(20)52-12-50-30(18)23(35(41)42)28(16)48-10-46-26(14)21/h1-4H,5-12H2,(H,37,38)(H,39,40)(H,41,42)(H,43,44). The number of rotatable bonds is 4. The third kappa shape index (κ3) is 4.60. The van der Waals surface area contributed by atoms with Crippen molar-refractivity contribution in [1.82, 2.24) is 0 Å². The van der Waals surface area contributed by atoms with Gasteiger partial charge in [-0.2, -0.15) is 0 Å². The van der Waals surface area contributed by atoms with Gasteiger partial charge in [-0.15, -0.1) is 0 Å². The molecule has 0 amide bonds. The summed E-state index contributed by atoms with van der Waals surface area (Å²) in [6.45, 7) is -2.34. The lowest BCUT2D eigenvalue weighted by Gasteiger charge is -2.30. The Morgan fingerprint density at radius 2 is 0.481 bits per heavy atom. The van der Waals surface area contributed by atoms with Crippen molar-refractivity contribution in [2.75, 3.05) is 27.2 Å². The minimum Gasteiger partial charge on any atom is -0.477 e. The van der Waals surface area contributed by atoms with Crippen LogP contribution in [-0.2, 0) is 25.7 Å². The molecule has 5 aliphatic rings. The molecule has 264 valence electrons. The lowest BCUT2D eigenvalue weighted by atomic mass is 9.87. The summed E-state index contributed by atoms with van der Waals surface area (Å²) in [5.41, 5.74) is 1.56. The average molecular weight is 713 g/mol. The van der Waals surface area contributed by atoms with E-state index in [9.17, 15) is 39.6 Å². The zero-order chi connectivity index (χ0) is 36.0. The molecule has 4 aromatic carbocycles. The molecule has 0 aromatic heterocycles. The van der Waals surface area contributed by atoms with Crippen LogP contribution in [-0.4, -0.2) is 71.5 Å². The molecule has 16 heteroatoms. The normalized spacial score (nSPS) is 15.4. The highest BCUT2D eigenvalue weighted by molar-refractivity contribution is 5.99. The lowest BCUT2D eigenvalue weighted by Crippen LogP contribution is -2.24. The number of hydrogen-bond acceptors (Lipinski definition) is 12. The number of aromatic carboxylic acids is 4. The van der Waals surface area contributed by atoms with Crippen molar-refractivity contribution in [3.8, 4) is 46.0 Å². The molecule has 8 bridgehead atoms. The number of benzene rings is 4. The quantitative estimate of drug-likeness (QED) is 0.206. The molecule has 4 heterocycles. The molecule has 0 fully saturated rings. The topological polar surface area (TPSA) is 223 Å². The van der Waals surface area contributed by atoms with Gasteiger partial charge in [-0.25, -0.2) is 19.2 Å². The number of carboxylic acids is 4. The summed E-state index contributed by atoms with van der Waals surface area (Å²) in [4.78, 5) is 51.5. The van der Waals surface area contributed by atoms with E-state index in [4.69, 9.17) is 37.9 Å². The summed E-state index contributed by atoms with van der Waals surface area (Å²) >= 11 is 0. The first-order valence-corrected chi connectivity index (χ1v) is 15.8. The smallest absolute Gasteiger partial charge is 0.343 e. The molecule has 52 heavy (non-hydrogen) atoms. The average Bonchev–Trinajstić information content (AvgIpc) is 3.04. The van der Waals surface area contributed by atoms with Crippen molar-refractivity contribution < 1.29 is 77.5 Å². The van der Waals surface area contributed by atoms with E-state index in [-0.39, 0.29) is 93.9 Å². The number of hydrogen-bond donors (Lipinski definition) is 4. The van der Waals surface area contributed by atoms with Gasteiger partial charge in [0.15, 0.2) is 0 Å². The molecule has 4 aromatic rings. The molecule has 4 aliphatic heterocycles. The van der Waals surface area contributed by atoms with Crippen LogP contribution in [0.1, 0.15) is 85.9 Å². The van der Waals surface area contributed by atoms with Gasteiger partial charge in [0.2, 0.25) is 27.2 Å². The molecule has 9 rings (SSSR count). The largest absolute Gasteiger partial charge is 0.477 e. The molecule has 16 nitrogen and oxygen atoms in total. The zero-order valence-electron chi connectivity index (χ0n) is 26.7. The van der Waals surface area contributed by atoms with Crippen molar-refractivity contribution in [1.29, 1.82) is 0 Å². The van der Waals surface area contributed by atoms with Crippen molar-refractivity contribution in [3.63, 3.8) is 0 Å². The highest BCUT2D eigenvalue weighted by Crippen LogP contribution is 2.49. The van der Waals surface area contributed by atoms with E-state index in [0.29, 0.717) is 44.5 Å². The maximum Gasteiger partial charge on any atom is 0.343 e. The van der Waals surface area contributed by atoms with Crippen LogP contribution in [0.4, 0.5) is 0 Å². The van der Waals surface area contributed by atoms with E-state index in [0.717, 1.165) is 0 Å². The Balaban J connectivity index is 1.41. The molecule has 0 saturated carbocycles. The molecule has 0 saturated heterocycles. The van der Waals surface area contributed by atoms with E-state index in [1.165, 1.54) is 0 Å². The van der Waals surface area contributed by atoms with Crippen LogP contribution in [0.2, 0.25) is 0 Å². The van der Waals surface area contributed by atoms with Crippen LogP contribution in [0.5, 0.6) is 46.0 Å². The summed E-state index contributed by atoms with van der Waals surface area (Å²) in [6.07, 6.45) is -0.296. The second-order valence-electron chi connectivity index (χ2n) is 12.5. The second-order valence-corrected chi connectivity index (χ2v) is 12.5. The van der Waals surface area contributed by atoms with Crippen LogP contribution in [0.25, 0.3) is 0 Å². The minimum absolute atomic E-state index is 0.0708. The Labute approximate surface area is 291 Å². The first kappa shape index (κ1) is 31.2. The molecule has 0 atom stereocenters. The van der Waals surface area contributed by atoms with Gasteiger partial charge in [0, 0.05) is 70.2 Å². The second kappa shape index (κ2) is 11.3. The highest BCUT2D eigenvalue weighted by Gasteiger charge is 2.37. The fourth-order valence-electron chi connectivity index (χ4n) is 7.62. The first-order chi connectivity index (χ1) is 25.1. The molecular formula is C36H24O16. The highest BCUT2D eigenvalue weighted by atomic mass is 16.7. The van der Waals surface area contributed by atoms with E-state index >= 15 is 0 Å². The van der Waals surface area contributed by atoms with E-state index in [2.05, 4.69) is 0 Å². The Bertz CT molecular complexity index is 1900. The zero-order valence-corrected chi connectivity index (χ0v) is 26.7. The molecule has 0 unspecified atom stereocenters. The van der Waals surface area contributed by atoms with Gasteiger partial charge in [-0.1, -0.05) is 0 Å². The Morgan fingerprint density at radius 1 is 0.327 bits per heavy atom. The molecule has 0 spiro atoms.